The molecule has 0 fully saturated rings. The second-order valence-corrected chi connectivity index (χ2v) is 4.58. The van der Waals surface area contributed by atoms with Crippen molar-refractivity contribution < 1.29 is 9.53 Å². The highest BCUT2D eigenvalue weighted by Crippen LogP contribution is 2.11. The fraction of sp³-hybridized carbons (Fsp3) is 0.235. The van der Waals surface area contributed by atoms with Gasteiger partial charge in [0, 0.05) is 17.8 Å². The van der Waals surface area contributed by atoms with Gasteiger partial charge in [-0.3, -0.25) is 4.79 Å². The van der Waals surface area contributed by atoms with Crippen molar-refractivity contribution in [2.45, 2.75) is 13.3 Å². The molecule has 20 heavy (non-hydrogen) atoms. The third-order valence-corrected chi connectivity index (χ3v) is 2.95. The van der Waals surface area contributed by atoms with Crippen LogP contribution in [0.4, 0.5) is 5.69 Å². The molecule has 0 aliphatic carbocycles. The molecular formula is C17H19NO2. The Bertz CT molecular complexity index is 535. The van der Waals surface area contributed by atoms with Gasteiger partial charge in [-0.2, -0.15) is 0 Å². The normalized spacial score (nSPS) is 10.1. The third kappa shape index (κ3) is 4.43. The number of ketones is 1. The number of hydrogen-bond donors (Lipinski definition) is 1. The summed E-state index contributed by atoms with van der Waals surface area (Å²) in [5, 5.41) is 3.31. The van der Waals surface area contributed by atoms with Gasteiger partial charge in [-0.15, -0.1) is 0 Å². The second kappa shape index (κ2) is 7.34. The molecule has 0 atom stereocenters. The molecule has 0 radical (unpaired) electrons. The van der Waals surface area contributed by atoms with E-state index in [0.717, 1.165) is 30.0 Å². The zero-order chi connectivity index (χ0) is 14.2. The Labute approximate surface area is 119 Å². The van der Waals surface area contributed by atoms with Crippen LogP contribution < -0.4 is 10.1 Å². The maximum atomic E-state index is 11.2. The molecule has 1 N–H and O–H groups in total. The van der Waals surface area contributed by atoms with Gasteiger partial charge >= 0.3 is 0 Å². The van der Waals surface area contributed by atoms with Crippen molar-refractivity contribution in [1.82, 2.24) is 0 Å². The van der Waals surface area contributed by atoms with E-state index >= 15 is 0 Å². The first-order valence-electron chi connectivity index (χ1n) is 6.78. The molecule has 0 saturated heterocycles. The smallest absolute Gasteiger partial charge is 0.159 e. The Morgan fingerprint density at radius 2 is 1.75 bits per heavy atom. The predicted octanol–water partition coefficient (Wildman–Crippen LogP) is 3.77. The molecule has 0 aliphatic rings. The molecule has 0 aromatic heterocycles. The number of benzene rings is 2. The summed E-state index contributed by atoms with van der Waals surface area (Å²) in [4.78, 5) is 11.2. The van der Waals surface area contributed by atoms with Gasteiger partial charge in [-0.25, -0.2) is 0 Å². The maximum Gasteiger partial charge on any atom is 0.159 e. The number of rotatable bonds is 7. The molecule has 0 heterocycles. The number of carbonyl (C=O) groups excluding carboxylic acids is 1. The maximum absolute atomic E-state index is 11.2. The summed E-state index contributed by atoms with van der Waals surface area (Å²) in [6.45, 7) is 3.10. The van der Waals surface area contributed by atoms with E-state index in [2.05, 4.69) is 5.32 Å². The highest BCUT2D eigenvalue weighted by atomic mass is 16.5. The predicted molar refractivity (Wildman–Crippen MR) is 81.5 cm³/mol. The minimum atomic E-state index is 0.0906. The Hall–Kier alpha value is -2.29. The molecule has 104 valence electrons. The fourth-order valence-corrected chi connectivity index (χ4v) is 1.83. The number of para-hydroxylation sites is 1. The lowest BCUT2D eigenvalue weighted by atomic mass is 10.1. The van der Waals surface area contributed by atoms with Crippen molar-refractivity contribution in [3.05, 3.63) is 60.2 Å². The number of hydrogen-bond acceptors (Lipinski definition) is 3. The van der Waals surface area contributed by atoms with E-state index in [1.165, 1.54) is 0 Å². The van der Waals surface area contributed by atoms with Crippen LogP contribution in [0.2, 0.25) is 0 Å². The first-order valence-corrected chi connectivity index (χ1v) is 6.78. The molecule has 2 aromatic carbocycles. The van der Waals surface area contributed by atoms with Crippen LogP contribution in [-0.2, 0) is 0 Å². The number of ether oxygens (including phenoxy) is 1. The monoisotopic (exact) mass is 269 g/mol. The van der Waals surface area contributed by atoms with Gasteiger partial charge < -0.3 is 10.1 Å². The minimum Gasteiger partial charge on any atom is -0.494 e. The van der Waals surface area contributed by atoms with Crippen LogP contribution in [0.3, 0.4) is 0 Å². The van der Waals surface area contributed by atoms with Gasteiger partial charge in [0.05, 0.1) is 6.61 Å². The van der Waals surface area contributed by atoms with Gasteiger partial charge in [0.25, 0.3) is 0 Å². The SMILES string of the molecule is CC(=O)c1ccc(NCCCOc2ccccc2)cc1. The summed E-state index contributed by atoms with van der Waals surface area (Å²) in [5.41, 5.74) is 1.76. The molecule has 2 aromatic rings. The summed E-state index contributed by atoms with van der Waals surface area (Å²) in [6, 6.07) is 17.3. The van der Waals surface area contributed by atoms with Crippen molar-refractivity contribution in [3.8, 4) is 5.75 Å². The lowest BCUT2D eigenvalue weighted by Gasteiger charge is -2.08. The molecule has 0 aliphatic heterocycles. The Morgan fingerprint density at radius 1 is 1.05 bits per heavy atom. The summed E-state index contributed by atoms with van der Waals surface area (Å²) in [5.74, 6) is 0.992. The second-order valence-electron chi connectivity index (χ2n) is 4.58. The van der Waals surface area contributed by atoms with E-state index in [1.807, 2.05) is 54.6 Å². The Morgan fingerprint density at radius 3 is 2.40 bits per heavy atom. The van der Waals surface area contributed by atoms with Gasteiger partial charge in [-0.1, -0.05) is 18.2 Å². The molecular weight excluding hydrogens is 250 g/mol. The molecule has 0 bridgehead atoms. The van der Waals surface area contributed by atoms with E-state index < -0.39 is 0 Å². The van der Waals surface area contributed by atoms with Crippen molar-refractivity contribution in [2.75, 3.05) is 18.5 Å². The number of Topliss-reactive ketones (excluding diaryl/α,β-unsaturated/α-hetero) is 1. The van der Waals surface area contributed by atoms with Gasteiger partial charge in [0.1, 0.15) is 5.75 Å². The molecule has 0 unspecified atom stereocenters. The molecule has 0 spiro atoms. The summed E-state index contributed by atoms with van der Waals surface area (Å²) in [6.07, 6.45) is 0.920. The zero-order valence-electron chi connectivity index (χ0n) is 11.6. The van der Waals surface area contributed by atoms with Gasteiger partial charge in [-0.05, 0) is 49.7 Å². The fourth-order valence-electron chi connectivity index (χ4n) is 1.83. The summed E-state index contributed by atoms with van der Waals surface area (Å²) < 4.78 is 5.61. The van der Waals surface area contributed by atoms with Gasteiger partial charge in [0.2, 0.25) is 0 Å². The quantitative estimate of drug-likeness (QED) is 0.614. The molecule has 0 saturated carbocycles. The molecule has 2 rings (SSSR count). The van der Waals surface area contributed by atoms with E-state index in [9.17, 15) is 4.79 Å². The van der Waals surface area contributed by atoms with Gasteiger partial charge in [0.15, 0.2) is 5.78 Å². The average Bonchev–Trinajstić information content (AvgIpc) is 2.48. The zero-order valence-corrected chi connectivity index (χ0v) is 11.6. The van der Waals surface area contributed by atoms with Crippen LogP contribution in [0.25, 0.3) is 0 Å². The van der Waals surface area contributed by atoms with E-state index in [1.54, 1.807) is 6.92 Å². The molecule has 3 heteroatoms. The van der Waals surface area contributed by atoms with Crippen molar-refractivity contribution in [2.24, 2.45) is 0 Å². The lowest BCUT2D eigenvalue weighted by Crippen LogP contribution is -2.07. The van der Waals surface area contributed by atoms with Crippen LogP contribution in [0.1, 0.15) is 23.7 Å². The van der Waals surface area contributed by atoms with Crippen molar-refractivity contribution in [1.29, 1.82) is 0 Å². The topological polar surface area (TPSA) is 38.3 Å². The first-order chi connectivity index (χ1) is 9.75. The average molecular weight is 269 g/mol. The number of nitrogens with one attached hydrogen (secondary N) is 1. The van der Waals surface area contributed by atoms with Crippen LogP contribution in [0.5, 0.6) is 5.75 Å². The standard InChI is InChI=1S/C17H19NO2/c1-14(19)15-8-10-16(11-9-15)18-12-5-13-20-17-6-3-2-4-7-17/h2-4,6-11,18H,5,12-13H2,1H3. The highest BCUT2D eigenvalue weighted by molar-refractivity contribution is 5.94. The highest BCUT2D eigenvalue weighted by Gasteiger charge is 1.98. The lowest BCUT2D eigenvalue weighted by molar-refractivity contribution is 0.101. The minimum absolute atomic E-state index is 0.0906. The number of carbonyl (C=O) groups is 1. The van der Waals surface area contributed by atoms with Crippen LogP contribution in [0.15, 0.2) is 54.6 Å². The summed E-state index contributed by atoms with van der Waals surface area (Å²) in [7, 11) is 0. The van der Waals surface area contributed by atoms with Crippen LogP contribution >= 0.6 is 0 Å². The molecule has 0 amide bonds. The largest absolute Gasteiger partial charge is 0.494 e. The van der Waals surface area contributed by atoms with E-state index in [4.69, 9.17) is 4.74 Å². The Kier molecular flexibility index (Phi) is 5.18. The van der Waals surface area contributed by atoms with Crippen molar-refractivity contribution >= 4 is 11.5 Å². The van der Waals surface area contributed by atoms with Crippen molar-refractivity contribution in [3.63, 3.8) is 0 Å². The van der Waals surface area contributed by atoms with Crippen LogP contribution in [0, 0.1) is 0 Å². The number of anilines is 1. The Balaban J connectivity index is 1.67. The summed E-state index contributed by atoms with van der Waals surface area (Å²) >= 11 is 0. The van der Waals surface area contributed by atoms with E-state index in [-0.39, 0.29) is 5.78 Å². The van der Waals surface area contributed by atoms with Crippen LogP contribution in [-0.4, -0.2) is 18.9 Å². The first kappa shape index (κ1) is 14.1. The van der Waals surface area contributed by atoms with E-state index in [0.29, 0.717) is 6.61 Å². The third-order valence-electron chi connectivity index (χ3n) is 2.95. The molecule has 3 nitrogen and oxygen atoms in total.